The predicted octanol–water partition coefficient (Wildman–Crippen LogP) is 3.32. The van der Waals surface area contributed by atoms with E-state index >= 15 is 0 Å². The average molecular weight is 297 g/mol. The zero-order chi connectivity index (χ0) is 14.3. The third-order valence-electron chi connectivity index (χ3n) is 4.97. The molecule has 2 saturated heterocycles. The van der Waals surface area contributed by atoms with Crippen molar-refractivity contribution in [2.75, 3.05) is 19.6 Å². The van der Waals surface area contributed by atoms with E-state index in [1.165, 1.54) is 32.1 Å². The molecule has 4 nitrogen and oxygen atoms in total. The van der Waals surface area contributed by atoms with E-state index in [9.17, 15) is 4.57 Å². The maximum atomic E-state index is 13.9. The molecule has 0 N–H and O–H groups in total. The second-order valence-electron chi connectivity index (χ2n) is 6.66. The quantitative estimate of drug-likeness (QED) is 0.427. The molecule has 20 heavy (non-hydrogen) atoms. The molecule has 0 aromatic heterocycles. The van der Waals surface area contributed by atoms with Gasteiger partial charge in [-0.05, 0) is 26.7 Å². The summed E-state index contributed by atoms with van der Waals surface area (Å²) < 4.78 is 20.7. The molecular weight excluding hydrogens is 269 g/mol. The van der Waals surface area contributed by atoms with Crippen LogP contribution in [0.2, 0.25) is 0 Å². The fraction of sp³-hybridized carbons (Fsp3) is 0.867. The molecule has 2 aliphatic heterocycles. The van der Waals surface area contributed by atoms with Crippen molar-refractivity contribution in [2.24, 2.45) is 0 Å². The first-order chi connectivity index (χ1) is 9.59. The summed E-state index contributed by atoms with van der Waals surface area (Å²) in [5.74, 6) is 0. The lowest BCUT2D eigenvalue weighted by Gasteiger charge is -2.40. The van der Waals surface area contributed by atoms with Crippen LogP contribution in [0.1, 0.15) is 46.0 Å². The van der Waals surface area contributed by atoms with Crippen LogP contribution in [0.25, 0.3) is 0 Å². The van der Waals surface area contributed by atoms with E-state index in [4.69, 9.17) is 0 Å². The lowest BCUT2D eigenvalue weighted by atomic mass is 9.95. The minimum Gasteiger partial charge on any atom is -0.270 e. The Morgan fingerprint density at radius 3 is 2.05 bits per heavy atom. The minimum absolute atomic E-state index is 0.476. The zero-order valence-electron chi connectivity index (χ0n) is 12.9. The van der Waals surface area contributed by atoms with Crippen LogP contribution in [-0.2, 0) is 4.57 Å². The summed E-state index contributed by atoms with van der Waals surface area (Å²) >= 11 is 0. The molecule has 0 radical (unpaired) electrons. The monoisotopic (exact) mass is 297 g/mol. The van der Waals surface area contributed by atoms with Gasteiger partial charge in [0.25, 0.3) is 7.59 Å². The van der Waals surface area contributed by atoms with Crippen molar-refractivity contribution in [3.8, 4) is 0 Å². The Kier molecular flexibility index (Phi) is 4.11. The van der Waals surface area contributed by atoms with Crippen molar-refractivity contribution in [1.29, 1.82) is 0 Å². The molecule has 3 aliphatic rings. The topological polar surface area (TPSA) is 26.3 Å². The molecule has 0 amide bonds. The standard InChI is InChI=1S/C15H28N3OP/c1-4-10-16(15-8-6-5-7-9-15)20(19,17-11-13(17)2)18-12-14(18)3/h4,13-15H,1,5-12H2,2-3H3/t13-,14-,17?,18?,20?/m0/s1. The van der Waals surface area contributed by atoms with Gasteiger partial charge in [0.1, 0.15) is 0 Å². The van der Waals surface area contributed by atoms with E-state index in [1.54, 1.807) is 0 Å². The maximum Gasteiger partial charge on any atom is 0.288 e. The lowest BCUT2D eigenvalue weighted by molar-refractivity contribution is 0.247. The summed E-state index contributed by atoms with van der Waals surface area (Å²) in [4.78, 5) is 0. The number of hydrogen-bond donors (Lipinski definition) is 0. The molecule has 0 aromatic rings. The van der Waals surface area contributed by atoms with Gasteiger partial charge in [-0.3, -0.25) is 4.57 Å². The fourth-order valence-corrected chi connectivity index (χ4v) is 7.39. The van der Waals surface area contributed by atoms with Gasteiger partial charge in [-0.1, -0.05) is 25.3 Å². The van der Waals surface area contributed by atoms with Gasteiger partial charge < -0.3 is 0 Å². The van der Waals surface area contributed by atoms with Crippen LogP contribution in [-0.4, -0.2) is 51.8 Å². The van der Waals surface area contributed by atoms with Gasteiger partial charge in [0, 0.05) is 37.8 Å². The van der Waals surface area contributed by atoms with Crippen LogP contribution < -0.4 is 0 Å². The van der Waals surface area contributed by atoms with Crippen LogP contribution in [0.3, 0.4) is 0 Å². The molecule has 3 fully saturated rings. The van der Waals surface area contributed by atoms with Crippen molar-refractivity contribution in [3.05, 3.63) is 12.7 Å². The Morgan fingerprint density at radius 1 is 1.15 bits per heavy atom. The van der Waals surface area contributed by atoms with Gasteiger partial charge in [0.15, 0.2) is 0 Å². The van der Waals surface area contributed by atoms with E-state index in [1.807, 2.05) is 6.08 Å². The van der Waals surface area contributed by atoms with Gasteiger partial charge in [0.2, 0.25) is 0 Å². The fourth-order valence-electron chi connectivity index (χ4n) is 3.60. The molecule has 0 bridgehead atoms. The Labute approximate surface area is 123 Å². The highest BCUT2D eigenvalue weighted by molar-refractivity contribution is 7.57. The first kappa shape index (κ1) is 14.8. The Balaban J connectivity index is 1.85. The van der Waals surface area contributed by atoms with Gasteiger partial charge in [-0.2, -0.15) is 0 Å². The van der Waals surface area contributed by atoms with Gasteiger partial charge in [-0.25, -0.2) is 14.0 Å². The van der Waals surface area contributed by atoms with E-state index in [0.717, 1.165) is 19.6 Å². The minimum atomic E-state index is -2.52. The second kappa shape index (κ2) is 5.57. The molecule has 1 aliphatic carbocycles. The van der Waals surface area contributed by atoms with Gasteiger partial charge >= 0.3 is 0 Å². The molecule has 0 spiro atoms. The normalized spacial score (nSPS) is 40.4. The number of rotatable bonds is 6. The maximum absolute atomic E-state index is 13.9. The summed E-state index contributed by atoms with van der Waals surface area (Å²) in [5, 5.41) is 0. The van der Waals surface area contributed by atoms with Crippen LogP contribution in [0.4, 0.5) is 0 Å². The van der Waals surface area contributed by atoms with Crippen molar-refractivity contribution >= 4 is 7.59 Å². The average Bonchev–Trinajstić information content (AvgIpc) is 3.35. The molecule has 1 saturated carbocycles. The number of nitrogens with zero attached hydrogens (tertiary/aromatic N) is 3. The molecule has 2 unspecified atom stereocenters. The molecule has 0 aromatic carbocycles. The first-order valence-corrected chi connectivity index (χ1v) is 9.68. The van der Waals surface area contributed by atoms with Crippen LogP contribution in [0.15, 0.2) is 12.7 Å². The smallest absolute Gasteiger partial charge is 0.270 e. The molecule has 4 atom stereocenters. The summed E-state index contributed by atoms with van der Waals surface area (Å²) in [5.41, 5.74) is 0. The molecule has 3 rings (SSSR count). The van der Waals surface area contributed by atoms with Crippen molar-refractivity contribution in [1.82, 2.24) is 14.0 Å². The molecular formula is C15H28N3OP. The van der Waals surface area contributed by atoms with Gasteiger partial charge in [0.05, 0.1) is 0 Å². The lowest BCUT2D eigenvalue weighted by Crippen LogP contribution is -2.38. The van der Waals surface area contributed by atoms with Crippen LogP contribution in [0, 0.1) is 0 Å². The molecule has 5 heteroatoms. The van der Waals surface area contributed by atoms with E-state index < -0.39 is 7.59 Å². The Morgan fingerprint density at radius 2 is 1.65 bits per heavy atom. The Bertz CT molecular complexity index is 401. The van der Waals surface area contributed by atoms with Crippen molar-refractivity contribution in [2.45, 2.75) is 64.1 Å². The highest BCUT2D eigenvalue weighted by Crippen LogP contribution is 2.67. The molecule has 114 valence electrons. The van der Waals surface area contributed by atoms with Gasteiger partial charge in [-0.15, -0.1) is 6.58 Å². The highest BCUT2D eigenvalue weighted by atomic mass is 31.2. The SMILES string of the molecule is C=CCN(C1CCCCC1)P(=O)(N1C[C@@H]1C)N1C[C@@H]1C. The third kappa shape index (κ3) is 2.52. The summed E-state index contributed by atoms with van der Waals surface area (Å²) in [7, 11) is -2.52. The van der Waals surface area contributed by atoms with Crippen molar-refractivity contribution < 1.29 is 4.57 Å². The second-order valence-corrected chi connectivity index (χ2v) is 9.23. The zero-order valence-corrected chi connectivity index (χ0v) is 13.8. The predicted molar refractivity (Wildman–Crippen MR) is 83.7 cm³/mol. The van der Waals surface area contributed by atoms with E-state index in [-0.39, 0.29) is 0 Å². The van der Waals surface area contributed by atoms with E-state index in [0.29, 0.717) is 18.1 Å². The third-order valence-corrected chi connectivity index (χ3v) is 8.58. The molecule has 2 heterocycles. The number of hydrogen-bond acceptors (Lipinski definition) is 1. The largest absolute Gasteiger partial charge is 0.288 e. The van der Waals surface area contributed by atoms with Crippen LogP contribution in [0.5, 0.6) is 0 Å². The first-order valence-electron chi connectivity index (χ1n) is 8.11. The Hall–Kier alpha value is -0.150. The summed E-state index contributed by atoms with van der Waals surface area (Å²) in [6.45, 7) is 11.0. The summed E-state index contributed by atoms with van der Waals surface area (Å²) in [6.07, 6.45) is 8.23. The highest BCUT2D eigenvalue weighted by Gasteiger charge is 2.58. The van der Waals surface area contributed by atoms with Crippen molar-refractivity contribution in [3.63, 3.8) is 0 Å². The summed E-state index contributed by atoms with van der Waals surface area (Å²) in [6, 6.07) is 1.43. The van der Waals surface area contributed by atoms with E-state index in [2.05, 4.69) is 34.4 Å². The van der Waals surface area contributed by atoms with Crippen LogP contribution >= 0.6 is 7.59 Å².